The fourth-order valence-electron chi connectivity index (χ4n) is 2.03. The molecule has 0 aliphatic rings. The first-order valence-corrected chi connectivity index (χ1v) is 9.04. The molecule has 0 N–H and O–H groups in total. The molecular weight excluding hydrogens is 326 g/mol. The molecule has 0 aliphatic carbocycles. The molecule has 2 rings (SSSR count). The van der Waals surface area contributed by atoms with Gasteiger partial charge in [-0.3, -0.25) is 0 Å². The third-order valence-electron chi connectivity index (χ3n) is 3.28. The van der Waals surface area contributed by atoms with Crippen molar-refractivity contribution in [3.05, 3.63) is 59.7 Å². The summed E-state index contributed by atoms with van der Waals surface area (Å²) in [6, 6.07) is 17.2. The Morgan fingerprint density at radius 2 is 1.67 bits per heavy atom. The maximum atomic E-state index is 12.0. The van der Waals surface area contributed by atoms with E-state index >= 15 is 0 Å². The first kappa shape index (κ1) is 17.7. The highest BCUT2D eigenvalue weighted by Gasteiger charge is 2.13. The van der Waals surface area contributed by atoms with Gasteiger partial charge in [-0.2, -0.15) is 0 Å². The van der Waals surface area contributed by atoms with E-state index in [-0.39, 0.29) is 6.54 Å². The second kappa shape index (κ2) is 7.75. The Morgan fingerprint density at radius 3 is 2.25 bits per heavy atom. The largest absolute Gasteiger partial charge is 0.493 e. The molecule has 126 valence electrons. The van der Waals surface area contributed by atoms with Crippen LogP contribution in [0.1, 0.15) is 11.1 Å². The lowest BCUT2D eigenvalue weighted by Gasteiger charge is -2.15. The molecule has 0 fully saturated rings. The molecule has 6 heteroatoms. The zero-order valence-corrected chi connectivity index (χ0v) is 14.6. The van der Waals surface area contributed by atoms with Crippen LogP contribution in [0.2, 0.25) is 0 Å². The summed E-state index contributed by atoms with van der Waals surface area (Å²) in [5, 5.41) is 0. The Hall–Kier alpha value is -2.65. The Bertz CT molecular complexity index is 852. The molecule has 0 saturated heterocycles. The SMILES string of the molecule is COc1ccc(C#CN(Cc2ccccc2)S(C)(=O)=O)cc1OC. The van der Waals surface area contributed by atoms with E-state index in [1.54, 1.807) is 25.3 Å². The van der Waals surface area contributed by atoms with E-state index in [1.807, 2.05) is 30.3 Å². The van der Waals surface area contributed by atoms with E-state index in [4.69, 9.17) is 9.47 Å². The molecule has 0 aliphatic heterocycles. The highest BCUT2D eigenvalue weighted by atomic mass is 32.2. The molecule has 0 saturated carbocycles. The fourth-order valence-corrected chi connectivity index (χ4v) is 2.62. The molecule has 0 heterocycles. The molecule has 0 radical (unpaired) electrons. The van der Waals surface area contributed by atoms with Crippen LogP contribution in [-0.2, 0) is 16.6 Å². The van der Waals surface area contributed by atoms with Gasteiger partial charge in [-0.15, -0.1) is 0 Å². The lowest BCUT2D eigenvalue weighted by Crippen LogP contribution is -2.24. The number of rotatable bonds is 5. The highest BCUT2D eigenvalue weighted by Crippen LogP contribution is 2.27. The molecular formula is C18H19NO4S. The van der Waals surface area contributed by atoms with Crippen molar-refractivity contribution in [3.8, 4) is 23.5 Å². The van der Waals surface area contributed by atoms with Crippen molar-refractivity contribution >= 4 is 10.0 Å². The molecule has 0 bridgehead atoms. The van der Waals surface area contributed by atoms with E-state index in [1.165, 1.54) is 7.11 Å². The minimum Gasteiger partial charge on any atom is -0.493 e. The van der Waals surface area contributed by atoms with Gasteiger partial charge >= 0.3 is 0 Å². The number of methoxy groups -OCH3 is 2. The number of sulfonamides is 1. The van der Waals surface area contributed by atoms with Gasteiger partial charge in [0.2, 0.25) is 10.0 Å². The summed E-state index contributed by atoms with van der Waals surface area (Å²) in [4.78, 5) is 0. The number of hydrogen-bond donors (Lipinski definition) is 0. The number of benzene rings is 2. The highest BCUT2D eigenvalue weighted by molar-refractivity contribution is 7.88. The van der Waals surface area contributed by atoms with Crippen LogP contribution in [0.15, 0.2) is 48.5 Å². The summed E-state index contributed by atoms with van der Waals surface area (Å²) in [6.45, 7) is 0.194. The summed E-state index contributed by atoms with van der Waals surface area (Å²) in [5.41, 5.74) is 1.50. The van der Waals surface area contributed by atoms with Crippen LogP contribution in [0.3, 0.4) is 0 Å². The van der Waals surface area contributed by atoms with E-state index in [0.29, 0.717) is 17.1 Å². The zero-order chi connectivity index (χ0) is 17.6. The zero-order valence-electron chi connectivity index (χ0n) is 13.8. The topological polar surface area (TPSA) is 55.8 Å². The molecule has 0 amide bonds. The first-order chi connectivity index (χ1) is 11.4. The standard InChI is InChI=1S/C18H19NO4S/c1-22-17-10-9-15(13-18(17)23-2)11-12-19(24(3,20)21)14-16-7-5-4-6-8-16/h4-10,13H,14H2,1-3H3. The second-order valence-electron chi connectivity index (χ2n) is 5.06. The van der Waals surface area contributed by atoms with Crippen molar-refractivity contribution in [2.24, 2.45) is 0 Å². The van der Waals surface area contributed by atoms with Gasteiger partial charge in [0.1, 0.15) is 0 Å². The van der Waals surface area contributed by atoms with E-state index in [9.17, 15) is 8.42 Å². The van der Waals surface area contributed by atoms with Gasteiger partial charge in [0.05, 0.1) is 27.0 Å². The van der Waals surface area contributed by atoms with Gasteiger partial charge in [0.25, 0.3) is 0 Å². The second-order valence-corrected chi connectivity index (χ2v) is 6.97. The van der Waals surface area contributed by atoms with Gasteiger partial charge in [-0.25, -0.2) is 12.7 Å². The fraction of sp³-hybridized carbons (Fsp3) is 0.222. The Morgan fingerprint density at radius 1 is 1.00 bits per heavy atom. The predicted molar refractivity (Wildman–Crippen MR) is 93.3 cm³/mol. The average molecular weight is 345 g/mol. The molecule has 2 aromatic carbocycles. The third-order valence-corrected chi connectivity index (χ3v) is 4.30. The Balaban J connectivity index is 2.30. The lowest BCUT2D eigenvalue weighted by atomic mass is 10.2. The Labute approximate surface area is 142 Å². The number of ether oxygens (including phenoxy) is 2. The van der Waals surface area contributed by atoms with Crippen molar-refractivity contribution in [1.29, 1.82) is 0 Å². The van der Waals surface area contributed by atoms with Gasteiger partial charge in [0.15, 0.2) is 11.5 Å². The van der Waals surface area contributed by atoms with Crippen LogP contribution in [0, 0.1) is 12.0 Å². The van der Waals surface area contributed by atoms with Crippen LogP contribution in [0.25, 0.3) is 0 Å². The van der Waals surface area contributed by atoms with Crippen molar-refractivity contribution < 1.29 is 17.9 Å². The smallest absolute Gasteiger partial charge is 0.239 e. The van der Waals surface area contributed by atoms with Crippen LogP contribution in [-0.4, -0.2) is 33.2 Å². The quantitative estimate of drug-likeness (QED) is 0.617. The van der Waals surface area contributed by atoms with Crippen molar-refractivity contribution in [1.82, 2.24) is 4.31 Å². The van der Waals surface area contributed by atoms with Gasteiger partial charge in [-0.1, -0.05) is 30.3 Å². The average Bonchev–Trinajstić information content (AvgIpc) is 2.58. The molecule has 0 unspecified atom stereocenters. The Kier molecular flexibility index (Phi) is 5.72. The van der Waals surface area contributed by atoms with E-state index in [0.717, 1.165) is 16.1 Å². The molecule has 24 heavy (non-hydrogen) atoms. The maximum absolute atomic E-state index is 12.0. The summed E-state index contributed by atoms with van der Waals surface area (Å²) in [5.74, 6) is 3.99. The van der Waals surface area contributed by atoms with Crippen LogP contribution < -0.4 is 9.47 Å². The normalized spacial score (nSPS) is 10.5. The van der Waals surface area contributed by atoms with Crippen molar-refractivity contribution in [2.45, 2.75) is 6.54 Å². The van der Waals surface area contributed by atoms with Gasteiger partial charge in [0, 0.05) is 11.6 Å². The molecule has 0 aromatic heterocycles. The van der Waals surface area contributed by atoms with E-state index in [2.05, 4.69) is 12.0 Å². The molecule has 5 nitrogen and oxygen atoms in total. The van der Waals surface area contributed by atoms with Gasteiger partial charge in [-0.05, 0) is 29.7 Å². The molecule has 0 atom stereocenters. The summed E-state index contributed by atoms with van der Waals surface area (Å²) < 4.78 is 35.4. The maximum Gasteiger partial charge on any atom is 0.239 e. The van der Waals surface area contributed by atoms with Crippen molar-refractivity contribution in [2.75, 3.05) is 20.5 Å². The van der Waals surface area contributed by atoms with E-state index < -0.39 is 10.0 Å². The lowest BCUT2D eigenvalue weighted by molar-refractivity contribution is 0.355. The molecule has 2 aromatic rings. The van der Waals surface area contributed by atoms with Crippen LogP contribution >= 0.6 is 0 Å². The number of nitrogens with zero attached hydrogens (tertiary/aromatic N) is 1. The summed E-state index contributed by atoms with van der Waals surface area (Å²) in [7, 11) is -0.373. The minimum absolute atomic E-state index is 0.194. The monoisotopic (exact) mass is 345 g/mol. The molecule has 0 spiro atoms. The summed E-state index contributed by atoms with van der Waals surface area (Å²) in [6.07, 6.45) is 1.14. The third kappa shape index (κ3) is 4.67. The summed E-state index contributed by atoms with van der Waals surface area (Å²) >= 11 is 0. The van der Waals surface area contributed by atoms with Crippen LogP contribution in [0.5, 0.6) is 11.5 Å². The minimum atomic E-state index is -3.46. The van der Waals surface area contributed by atoms with Gasteiger partial charge < -0.3 is 9.47 Å². The predicted octanol–water partition coefficient (Wildman–Crippen LogP) is 2.47. The first-order valence-electron chi connectivity index (χ1n) is 7.19. The van der Waals surface area contributed by atoms with Crippen LogP contribution in [0.4, 0.5) is 0 Å². The van der Waals surface area contributed by atoms with Crippen molar-refractivity contribution in [3.63, 3.8) is 0 Å². The number of hydrogen-bond acceptors (Lipinski definition) is 4.